The van der Waals surface area contributed by atoms with E-state index in [0.717, 1.165) is 31.1 Å². The largest absolute Gasteiger partial charge is 0.298 e. The highest BCUT2D eigenvalue weighted by Crippen LogP contribution is 2.19. The normalized spacial score (nSPS) is 19.1. The first-order chi connectivity index (χ1) is 4.33. The lowest BCUT2D eigenvalue weighted by atomic mass is 9.97. The molecule has 0 saturated heterocycles. The van der Waals surface area contributed by atoms with Gasteiger partial charge in [0.2, 0.25) is 0 Å². The Morgan fingerprint density at radius 2 is 2.33 bits per heavy atom. The van der Waals surface area contributed by atoms with Crippen LogP contribution in [0.1, 0.15) is 19.3 Å². The maximum Gasteiger partial charge on any atom is 0.145 e. The quantitative estimate of drug-likeness (QED) is 0.383. The van der Waals surface area contributed by atoms with E-state index in [2.05, 4.69) is 6.58 Å². The highest BCUT2D eigenvalue weighted by molar-refractivity contribution is 5.73. The van der Waals surface area contributed by atoms with Crippen LogP contribution in [0, 0.1) is 0 Å². The van der Waals surface area contributed by atoms with Crippen LogP contribution in [0.25, 0.3) is 0 Å². The van der Waals surface area contributed by atoms with Gasteiger partial charge in [0.25, 0.3) is 0 Å². The van der Waals surface area contributed by atoms with Gasteiger partial charge in [-0.05, 0) is 24.8 Å². The van der Waals surface area contributed by atoms with Crippen molar-refractivity contribution in [2.24, 2.45) is 0 Å². The number of allylic oxidation sites excluding steroid dienone is 3. The molecule has 1 aliphatic carbocycles. The maximum atomic E-state index is 10.2. The van der Waals surface area contributed by atoms with Gasteiger partial charge in [-0.25, -0.2) is 0 Å². The highest BCUT2D eigenvalue weighted by atomic mass is 16.1. The molecule has 0 aromatic rings. The Kier molecular flexibility index (Phi) is 1.83. The zero-order valence-corrected chi connectivity index (χ0v) is 5.39. The lowest BCUT2D eigenvalue weighted by molar-refractivity contribution is -0.105. The summed E-state index contributed by atoms with van der Waals surface area (Å²) in [5, 5.41) is 0. The first-order valence-electron chi connectivity index (χ1n) is 3.14. The molecule has 1 rings (SSSR count). The van der Waals surface area contributed by atoms with Gasteiger partial charge in [0.1, 0.15) is 6.29 Å². The van der Waals surface area contributed by atoms with Crippen LogP contribution < -0.4 is 0 Å². The molecule has 0 atom stereocenters. The molecule has 0 aromatic carbocycles. The summed E-state index contributed by atoms with van der Waals surface area (Å²) in [5.41, 5.74) is 2.17. The smallest absolute Gasteiger partial charge is 0.145 e. The van der Waals surface area contributed by atoms with Crippen LogP contribution in [0.4, 0.5) is 0 Å². The van der Waals surface area contributed by atoms with Crippen LogP contribution >= 0.6 is 0 Å². The monoisotopic (exact) mass is 122 g/mol. The topological polar surface area (TPSA) is 17.1 Å². The Balaban J connectivity index is 2.59. The predicted octanol–water partition coefficient (Wildman–Crippen LogP) is 1.85. The molecule has 0 saturated carbocycles. The van der Waals surface area contributed by atoms with Crippen molar-refractivity contribution >= 4 is 6.29 Å². The van der Waals surface area contributed by atoms with Gasteiger partial charge in [0.05, 0.1) is 0 Å². The number of carbonyl (C=O) groups excluding carboxylic acids is 1. The van der Waals surface area contributed by atoms with E-state index in [4.69, 9.17) is 0 Å². The second-order valence-electron chi connectivity index (χ2n) is 2.35. The molecule has 0 heterocycles. The summed E-state index contributed by atoms with van der Waals surface area (Å²) in [6.45, 7) is 3.82. The fourth-order valence-electron chi connectivity index (χ4n) is 0.908. The number of hydrogen-bond acceptors (Lipinski definition) is 1. The molecule has 1 nitrogen and oxygen atoms in total. The summed E-state index contributed by atoms with van der Waals surface area (Å²) in [7, 11) is 0. The molecule has 0 amide bonds. The minimum absolute atomic E-state index is 0.891. The molecule has 0 N–H and O–H groups in total. The molecule has 0 bridgehead atoms. The first kappa shape index (κ1) is 6.27. The van der Waals surface area contributed by atoms with E-state index >= 15 is 0 Å². The first-order valence-corrected chi connectivity index (χ1v) is 3.14. The summed E-state index contributed by atoms with van der Waals surface area (Å²) >= 11 is 0. The van der Waals surface area contributed by atoms with E-state index in [1.54, 1.807) is 0 Å². The van der Waals surface area contributed by atoms with Gasteiger partial charge in [-0.3, -0.25) is 4.79 Å². The van der Waals surface area contributed by atoms with E-state index in [-0.39, 0.29) is 0 Å². The molecule has 0 radical (unpaired) electrons. The summed E-state index contributed by atoms with van der Waals surface area (Å²) in [5.74, 6) is 0. The third kappa shape index (κ3) is 1.53. The molecule has 9 heavy (non-hydrogen) atoms. The standard InChI is InChI=1S/C8H10O/c1-7-2-4-8(6-9)5-3-7/h4,6H,1-3,5H2. The molecule has 0 spiro atoms. The molecule has 1 heteroatoms. The van der Waals surface area contributed by atoms with E-state index in [0.29, 0.717) is 0 Å². The predicted molar refractivity (Wildman–Crippen MR) is 37.1 cm³/mol. The van der Waals surface area contributed by atoms with Crippen LogP contribution in [-0.4, -0.2) is 6.29 Å². The van der Waals surface area contributed by atoms with Gasteiger partial charge >= 0.3 is 0 Å². The second kappa shape index (κ2) is 2.62. The molecule has 0 fully saturated rings. The summed E-state index contributed by atoms with van der Waals surface area (Å²) in [6, 6.07) is 0. The minimum Gasteiger partial charge on any atom is -0.298 e. The molecular weight excluding hydrogens is 112 g/mol. The molecule has 0 aromatic heterocycles. The number of aldehydes is 1. The molecule has 1 aliphatic rings. The van der Waals surface area contributed by atoms with Crippen molar-refractivity contribution < 1.29 is 4.79 Å². The number of rotatable bonds is 1. The van der Waals surface area contributed by atoms with Crippen molar-refractivity contribution in [3.05, 3.63) is 23.8 Å². The number of carbonyl (C=O) groups is 1. The lowest BCUT2D eigenvalue weighted by Crippen LogP contribution is -1.94. The van der Waals surface area contributed by atoms with Crippen LogP contribution in [-0.2, 0) is 4.79 Å². The molecule has 48 valence electrons. The van der Waals surface area contributed by atoms with Crippen molar-refractivity contribution in [2.75, 3.05) is 0 Å². The van der Waals surface area contributed by atoms with Gasteiger partial charge in [0, 0.05) is 0 Å². The Morgan fingerprint density at radius 1 is 1.56 bits per heavy atom. The Hall–Kier alpha value is -0.850. The zero-order chi connectivity index (χ0) is 6.69. The third-order valence-corrected chi connectivity index (χ3v) is 1.57. The van der Waals surface area contributed by atoms with E-state index in [1.807, 2.05) is 6.08 Å². The average Bonchev–Trinajstić information content (AvgIpc) is 1.90. The van der Waals surface area contributed by atoms with Crippen molar-refractivity contribution in [1.29, 1.82) is 0 Å². The van der Waals surface area contributed by atoms with Crippen LogP contribution in [0.3, 0.4) is 0 Å². The highest BCUT2D eigenvalue weighted by Gasteiger charge is 2.03. The van der Waals surface area contributed by atoms with Gasteiger partial charge in [0.15, 0.2) is 0 Å². The molecule has 0 unspecified atom stereocenters. The third-order valence-electron chi connectivity index (χ3n) is 1.57. The van der Waals surface area contributed by atoms with Gasteiger partial charge in [-0.1, -0.05) is 18.2 Å². The van der Waals surface area contributed by atoms with E-state index in [9.17, 15) is 4.79 Å². The molecular formula is C8H10O. The van der Waals surface area contributed by atoms with Crippen LogP contribution in [0.5, 0.6) is 0 Å². The van der Waals surface area contributed by atoms with Crippen molar-refractivity contribution in [2.45, 2.75) is 19.3 Å². The maximum absolute atomic E-state index is 10.2. The average molecular weight is 122 g/mol. The van der Waals surface area contributed by atoms with Crippen LogP contribution in [0.2, 0.25) is 0 Å². The summed E-state index contributed by atoms with van der Waals surface area (Å²) in [4.78, 5) is 10.2. The summed E-state index contributed by atoms with van der Waals surface area (Å²) < 4.78 is 0. The summed E-state index contributed by atoms with van der Waals surface area (Å²) in [6.07, 6.45) is 5.67. The zero-order valence-electron chi connectivity index (χ0n) is 5.39. The SMILES string of the molecule is C=C1CC=C(C=O)CC1. The minimum atomic E-state index is 0.891. The molecule has 0 aliphatic heterocycles. The van der Waals surface area contributed by atoms with E-state index in [1.165, 1.54) is 5.57 Å². The Labute approximate surface area is 55.1 Å². The van der Waals surface area contributed by atoms with Crippen molar-refractivity contribution in [1.82, 2.24) is 0 Å². The van der Waals surface area contributed by atoms with Crippen molar-refractivity contribution in [3.8, 4) is 0 Å². The lowest BCUT2D eigenvalue weighted by Gasteiger charge is -2.08. The van der Waals surface area contributed by atoms with Crippen molar-refractivity contribution in [3.63, 3.8) is 0 Å². The fraction of sp³-hybridized carbons (Fsp3) is 0.375. The second-order valence-corrected chi connectivity index (χ2v) is 2.35. The van der Waals surface area contributed by atoms with Crippen LogP contribution in [0.15, 0.2) is 23.8 Å². The van der Waals surface area contributed by atoms with Gasteiger partial charge in [-0.2, -0.15) is 0 Å². The van der Waals surface area contributed by atoms with Gasteiger partial charge in [-0.15, -0.1) is 0 Å². The Morgan fingerprint density at radius 3 is 2.78 bits per heavy atom. The Bertz CT molecular complexity index is 165. The van der Waals surface area contributed by atoms with Gasteiger partial charge < -0.3 is 0 Å². The van der Waals surface area contributed by atoms with E-state index < -0.39 is 0 Å². The number of hydrogen-bond donors (Lipinski definition) is 0. The fourth-order valence-corrected chi connectivity index (χ4v) is 0.908.